The van der Waals surface area contributed by atoms with E-state index in [-0.39, 0.29) is 0 Å². The first-order valence-corrected chi connectivity index (χ1v) is 5.97. The van der Waals surface area contributed by atoms with Gasteiger partial charge in [-0.25, -0.2) is 0 Å². The van der Waals surface area contributed by atoms with E-state index >= 15 is 0 Å². The Hall–Kier alpha value is -1.49. The third kappa shape index (κ3) is 2.04. The Morgan fingerprint density at radius 1 is 1.31 bits per heavy atom. The van der Waals surface area contributed by atoms with Crippen LogP contribution in [0.3, 0.4) is 0 Å². The van der Waals surface area contributed by atoms with Gasteiger partial charge in [-0.3, -0.25) is 0 Å². The van der Waals surface area contributed by atoms with Crippen molar-refractivity contribution in [2.24, 2.45) is 5.92 Å². The maximum atomic E-state index is 9.21. The second-order valence-electron chi connectivity index (χ2n) is 4.75. The summed E-state index contributed by atoms with van der Waals surface area (Å²) >= 11 is 0. The third-order valence-electron chi connectivity index (χ3n) is 3.49. The van der Waals surface area contributed by atoms with Gasteiger partial charge in [0.1, 0.15) is 6.07 Å². The van der Waals surface area contributed by atoms with Crippen LogP contribution < -0.4 is 4.90 Å². The molecule has 0 aromatic heterocycles. The number of hydrogen-bond acceptors (Lipinski definition) is 2. The highest BCUT2D eigenvalue weighted by atomic mass is 15.1. The molecule has 0 radical (unpaired) electrons. The highest BCUT2D eigenvalue weighted by Gasteiger charge is 2.18. The van der Waals surface area contributed by atoms with E-state index in [4.69, 9.17) is 0 Å². The molecule has 1 aliphatic heterocycles. The van der Waals surface area contributed by atoms with Crippen LogP contribution in [0.1, 0.15) is 30.9 Å². The summed E-state index contributed by atoms with van der Waals surface area (Å²) in [5, 5.41) is 9.21. The SMILES string of the molecule is Cc1cccc(N2CCC(C)CC2)c1C#N. The average molecular weight is 214 g/mol. The van der Waals surface area contributed by atoms with Gasteiger partial charge in [0.2, 0.25) is 0 Å². The predicted molar refractivity (Wildman–Crippen MR) is 66.5 cm³/mol. The number of rotatable bonds is 1. The Bertz CT molecular complexity index is 409. The summed E-state index contributed by atoms with van der Waals surface area (Å²) in [6.45, 7) is 6.48. The van der Waals surface area contributed by atoms with Gasteiger partial charge < -0.3 is 4.90 Å². The Morgan fingerprint density at radius 2 is 2.00 bits per heavy atom. The number of hydrogen-bond donors (Lipinski definition) is 0. The van der Waals surface area contributed by atoms with Crippen molar-refractivity contribution < 1.29 is 0 Å². The average Bonchev–Trinajstić information content (AvgIpc) is 2.30. The van der Waals surface area contributed by atoms with Gasteiger partial charge in [0.05, 0.1) is 11.3 Å². The summed E-state index contributed by atoms with van der Waals surface area (Å²) in [4.78, 5) is 2.35. The fraction of sp³-hybridized carbons (Fsp3) is 0.500. The lowest BCUT2D eigenvalue weighted by Gasteiger charge is -2.32. The monoisotopic (exact) mass is 214 g/mol. The zero-order valence-corrected chi connectivity index (χ0v) is 10.0. The van der Waals surface area contributed by atoms with Gasteiger partial charge in [-0.05, 0) is 37.3 Å². The lowest BCUT2D eigenvalue weighted by Crippen LogP contribution is -2.33. The van der Waals surface area contributed by atoms with Crippen molar-refractivity contribution in [2.45, 2.75) is 26.7 Å². The van der Waals surface area contributed by atoms with Gasteiger partial charge in [0.25, 0.3) is 0 Å². The van der Waals surface area contributed by atoms with E-state index in [0.29, 0.717) is 0 Å². The number of nitriles is 1. The smallest absolute Gasteiger partial charge is 0.102 e. The summed E-state index contributed by atoms with van der Waals surface area (Å²) in [6.07, 6.45) is 2.47. The molecule has 0 amide bonds. The summed E-state index contributed by atoms with van der Waals surface area (Å²) < 4.78 is 0. The highest BCUT2D eigenvalue weighted by Crippen LogP contribution is 2.27. The molecule has 1 fully saturated rings. The van der Waals surface area contributed by atoms with Crippen LogP contribution in [0.15, 0.2) is 18.2 Å². The van der Waals surface area contributed by atoms with Crippen LogP contribution in [-0.4, -0.2) is 13.1 Å². The van der Waals surface area contributed by atoms with Gasteiger partial charge in [0, 0.05) is 13.1 Å². The lowest BCUT2D eigenvalue weighted by atomic mass is 9.97. The number of anilines is 1. The third-order valence-corrected chi connectivity index (χ3v) is 3.49. The van der Waals surface area contributed by atoms with Gasteiger partial charge in [-0.15, -0.1) is 0 Å². The largest absolute Gasteiger partial charge is 0.370 e. The van der Waals surface area contributed by atoms with Crippen LogP contribution in [0.4, 0.5) is 5.69 Å². The minimum absolute atomic E-state index is 0.826. The van der Waals surface area contributed by atoms with E-state index in [1.165, 1.54) is 12.8 Å². The minimum Gasteiger partial charge on any atom is -0.370 e. The molecule has 0 saturated carbocycles. The van der Waals surface area contributed by atoms with E-state index in [0.717, 1.165) is 35.8 Å². The van der Waals surface area contributed by atoms with E-state index in [9.17, 15) is 5.26 Å². The number of aryl methyl sites for hydroxylation is 1. The molecule has 0 N–H and O–H groups in total. The fourth-order valence-corrected chi connectivity index (χ4v) is 2.31. The lowest BCUT2D eigenvalue weighted by molar-refractivity contribution is 0.438. The number of benzene rings is 1. The minimum atomic E-state index is 0.826. The van der Waals surface area contributed by atoms with Gasteiger partial charge in [-0.2, -0.15) is 5.26 Å². The number of piperidine rings is 1. The molecule has 1 heterocycles. The molecular weight excluding hydrogens is 196 g/mol. The molecule has 84 valence electrons. The molecule has 1 aromatic carbocycles. The molecule has 1 saturated heterocycles. The molecule has 0 unspecified atom stereocenters. The summed E-state index contributed by atoms with van der Waals surface area (Å²) in [7, 11) is 0. The first-order valence-electron chi connectivity index (χ1n) is 5.97. The zero-order chi connectivity index (χ0) is 11.5. The van der Waals surface area contributed by atoms with Crippen molar-refractivity contribution in [3.8, 4) is 6.07 Å². The van der Waals surface area contributed by atoms with Crippen LogP contribution in [0.2, 0.25) is 0 Å². The molecule has 0 bridgehead atoms. The van der Waals surface area contributed by atoms with E-state index in [2.05, 4.69) is 24.0 Å². The highest BCUT2D eigenvalue weighted by molar-refractivity contribution is 5.62. The molecule has 2 heteroatoms. The first-order chi connectivity index (χ1) is 7.72. The van der Waals surface area contributed by atoms with Crippen molar-refractivity contribution >= 4 is 5.69 Å². The van der Waals surface area contributed by atoms with Gasteiger partial charge >= 0.3 is 0 Å². The molecule has 0 aliphatic carbocycles. The van der Waals surface area contributed by atoms with E-state index in [1.807, 2.05) is 19.1 Å². The Labute approximate surface area is 97.5 Å². The van der Waals surface area contributed by atoms with E-state index < -0.39 is 0 Å². The summed E-state index contributed by atoms with van der Waals surface area (Å²) in [5.74, 6) is 0.826. The molecule has 2 rings (SSSR count). The predicted octanol–water partition coefficient (Wildman–Crippen LogP) is 3.10. The van der Waals surface area contributed by atoms with Crippen molar-refractivity contribution in [1.29, 1.82) is 5.26 Å². The first kappa shape index (κ1) is 11.0. The molecule has 0 spiro atoms. The molecular formula is C14H18N2. The Morgan fingerprint density at radius 3 is 2.62 bits per heavy atom. The second-order valence-corrected chi connectivity index (χ2v) is 4.75. The second kappa shape index (κ2) is 4.57. The normalized spacial score (nSPS) is 17.2. The van der Waals surface area contributed by atoms with Crippen LogP contribution in [-0.2, 0) is 0 Å². The standard InChI is InChI=1S/C14H18N2/c1-11-6-8-16(9-7-11)14-5-3-4-12(2)13(14)10-15/h3-5,11H,6-9H2,1-2H3. The summed E-state index contributed by atoms with van der Waals surface area (Å²) in [6, 6.07) is 8.46. The zero-order valence-electron chi connectivity index (χ0n) is 10.0. The molecule has 1 aliphatic rings. The van der Waals surface area contributed by atoms with Crippen molar-refractivity contribution in [2.75, 3.05) is 18.0 Å². The summed E-state index contributed by atoms with van der Waals surface area (Å²) in [5.41, 5.74) is 3.05. The Kier molecular flexibility index (Phi) is 3.14. The maximum absolute atomic E-state index is 9.21. The van der Waals surface area contributed by atoms with Gasteiger partial charge in [0.15, 0.2) is 0 Å². The molecule has 1 aromatic rings. The molecule has 0 atom stereocenters. The Balaban J connectivity index is 2.27. The van der Waals surface area contributed by atoms with Crippen molar-refractivity contribution in [3.63, 3.8) is 0 Å². The van der Waals surface area contributed by atoms with Crippen LogP contribution in [0.25, 0.3) is 0 Å². The van der Waals surface area contributed by atoms with E-state index in [1.54, 1.807) is 0 Å². The number of nitrogens with zero attached hydrogens (tertiary/aromatic N) is 2. The maximum Gasteiger partial charge on any atom is 0.102 e. The quantitative estimate of drug-likeness (QED) is 0.718. The molecule has 2 nitrogen and oxygen atoms in total. The van der Waals surface area contributed by atoms with Crippen LogP contribution in [0, 0.1) is 24.2 Å². The van der Waals surface area contributed by atoms with Crippen LogP contribution >= 0.6 is 0 Å². The fourth-order valence-electron chi connectivity index (χ4n) is 2.31. The van der Waals surface area contributed by atoms with Gasteiger partial charge in [-0.1, -0.05) is 19.1 Å². The van der Waals surface area contributed by atoms with Crippen molar-refractivity contribution in [1.82, 2.24) is 0 Å². The molecule has 16 heavy (non-hydrogen) atoms. The van der Waals surface area contributed by atoms with Crippen molar-refractivity contribution in [3.05, 3.63) is 29.3 Å². The van der Waals surface area contributed by atoms with Crippen LogP contribution in [0.5, 0.6) is 0 Å². The topological polar surface area (TPSA) is 27.0 Å².